The molecule has 1 fully saturated rings. The Morgan fingerprint density at radius 2 is 2.20 bits per heavy atom. The van der Waals surface area contributed by atoms with Crippen molar-refractivity contribution in [3.05, 3.63) is 18.2 Å². The normalized spacial score (nSPS) is 16.9. The molecule has 2 rings (SSSR count). The van der Waals surface area contributed by atoms with Crippen LogP contribution in [0.1, 0.15) is 12.8 Å². The number of hydrogen-bond acceptors (Lipinski definition) is 5. The fraction of sp³-hybridized carbons (Fsp3) is 0.500. The Hall–Kier alpha value is -1.79. The molecular formula is C14H21N3O3. The molecule has 0 saturated carbocycles. The van der Waals surface area contributed by atoms with Crippen molar-refractivity contribution in [1.29, 1.82) is 0 Å². The number of nitrogens with two attached hydrogens (primary N) is 1. The van der Waals surface area contributed by atoms with E-state index in [0.717, 1.165) is 25.9 Å². The largest absolute Gasteiger partial charge is 0.494 e. The molecule has 110 valence electrons. The van der Waals surface area contributed by atoms with Gasteiger partial charge in [-0.1, -0.05) is 0 Å². The van der Waals surface area contributed by atoms with Gasteiger partial charge in [0.1, 0.15) is 5.75 Å². The van der Waals surface area contributed by atoms with Gasteiger partial charge in [-0.15, -0.1) is 0 Å². The minimum Gasteiger partial charge on any atom is -0.494 e. The molecule has 0 bridgehead atoms. The molecule has 0 atom stereocenters. The lowest BCUT2D eigenvalue weighted by atomic mass is 10.1. The summed E-state index contributed by atoms with van der Waals surface area (Å²) >= 11 is 0. The van der Waals surface area contributed by atoms with Crippen molar-refractivity contribution in [2.75, 3.05) is 37.8 Å². The maximum absolute atomic E-state index is 12.0. The number of carbonyl (C=O) groups is 1. The summed E-state index contributed by atoms with van der Waals surface area (Å²) in [6, 6.07) is 5.12. The molecule has 1 saturated heterocycles. The monoisotopic (exact) mass is 279 g/mol. The van der Waals surface area contributed by atoms with Crippen molar-refractivity contribution in [2.24, 2.45) is 0 Å². The van der Waals surface area contributed by atoms with Gasteiger partial charge < -0.3 is 20.9 Å². The number of methoxy groups -OCH3 is 1. The van der Waals surface area contributed by atoms with E-state index < -0.39 is 0 Å². The summed E-state index contributed by atoms with van der Waals surface area (Å²) in [5.41, 5.74) is 6.87. The van der Waals surface area contributed by atoms with Crippen molar-refractivity contribution in [1.82, 2.24) is 4.90 Å². The molecule has 1 aliphatic rings. The summed E-state index contributed by atoms with van der Waals surface area (Å²) in [4.78, 5) is 14.0. The van der Waals surface area contributed by atoms with E-state index in [1.807, 2.05) is 4.90 Å². The van der Waals surface area contributed by atoms with Gasteiger partial charge in [0.25, 0.3) is 0 Å². The van der Waals surface area contributed by atoms with Crippen LogP contribution in [0.4, 0.5) is 11.4 Å². The van der Waals surface area contributed by atoms with Gasteiger partial charge in [-0.05, 0) is 25.0 Å². The van der Waals surface area contributed by atoms with Gasteiger partial charge in [0.15, 0.2) is 0 Å². The molecule has 20 heavy (non-hydrogen) atoms. The number of hydrogen-bond donors (Lipinski definition) is 3. The standard InChI is InChI=1S/C14H21N3O3/c1-20-13-8-10(15)2-3-12(13)16-14(19)9-17-6-4-11(18)5-7-17/h2-3,8,11,18H,4-7,9,15H2,1H3,(H,16,19). The first kappa shape index (κ1) is 14.6. The molecule has 6 nitrogen and oxygen atoms in total. The van der Waals surface area contributed by atoms with Crippen LogP contribution in [0.2, 0.25) is 0 Å². The molecular weight excluding hydrogens is 258 g/mol. The molecule has 1 heterocycles. The van der Waals surface area contributed by atoms with Crippen molar-refractivity contribution < 1.29 is 14.6 Å². The number of benzene rings is 1. The van der Waals surface area contributed by atoms with E-state index in [9.17, 15) is 9.90 Å². The van der Waals surface area contributed by atoms with Crippen molar-refractivity contribution in [3.63, 3.8) is 0 Å². The molecule has 1 aromatic rings. The molecule has 1 aromatic carbocycles. The SMILES string of the molecule is COc1cc(N)ccc1NC(=O)CN1CCC(O)CC1. The predicted molar refractivity (Wildman–Crippen MR) is 77.7 cm³/mol. The summed E-state index contributed by atoms with van der Waals surface area (Å²) < 4.78 is 5.19. The smallest absolute Gasteiger partial charge is 0.238 e. The zero-order chi connectivity index (χ0) is 14.5. The quantitative estimate of drug-likeness (QED) is 0.705. The maximum atomic E-state index is 12.0. The highest BCUT2D eigenvalue weighted by molar-refractivity contribution is 5.94. The molecule has 1 amide bonds. The van der Waals surface area contributed by atoms with Gasteiger partial charge in [-0.2, -0.15) is 0 Å². The number of aliphatic hydroxyl groups is 1. The lowest BCUT2D eigenvalue weighted by Gasteiger charge is -2.28. The van der Waals surface area contributed by atoms with Crippen LogP contribution in [-0.2, 0) is 4.79 Å². The van der Waals surface area contributed by atoms with Crippen LogP contribution in [0.15, 0.2) is 18.2 Å². The summed E-state index contributed by atoms with van der Waals surface area (Å²) in [6.45, 7) is 1.81. The fourth-order valence-electron chi connectivity index (χ4n) is 2.28. The number of piperidine rings is 1. The molecule has 0 unspecified atom stereocenters. The predicted octanol–water partition coefficient (Wildman–Crippen LogP) is 0.673. The van der Waals surface area contributed by atoms with Crippen molar-refractivity contribution in [2.45, 2.75) is 18.9 Å². The topological polar surface area (TPSA) is 87.8 Å². The van der Waals surface area contributed by atoms with Gasteiger partial charge in [0, 0.05) is 24.8 Å². The highest BCUT2D eigenvalue weighted by Crippen LogP contribution is 2.26. The molecule has 4 N–H and O–H groups in total. The lowest BCUT2D eigenvalue weighted by molar-refractivity contribution is -0.117. The van der Waals surface area contributed by atoms with E-state index in [4.69, 9.17) is 10.5 Å². The number of aliphatic hydroxyl groups excluding tert-OH is 1. The van der Waals surface area contributed by atoms with Crippen LogP contribution in [0.3, 0.4) is 0 Å². The first-order valence-electron chi connectivity index (χ1n) is 6.72. The summed E-state index contributed by atoms with van der Waals surface area (Å²) in [7, 11) is 1.54. The highest BCUT2D eigenvalue weighted by atomic mass is 16.5. The van der Waals surface area contributed by atoms with Crippen LogP contribution in [0.5, 0.6) is 5.75 Å². The second kappa shape index (κ2) is 6.58. The van der Waals surface area contributed by atoms with E-state index in [2.05, 4.69) is 5.32 Å². The summed E-state index contributed by atoms with van der Waals surface area (Å²) in [5.74, 6) is 0.455. The first-order chi connectivity index (χ1) is 9.58. The average Bonchev–Trinajstić information content (AvgIpc) is 2.43. The Bertz CT molecular complexity index is 471. The molecule has 1 aliphatic heterocycles. The van der Waals surface area contributed by atoms with E-state index in [-0.39, 0.29) is 12.0 Å². The van der Waals surface area contributed by atoms with Gasteiger partial charge in [-0.3, -0.25) is 9.69 Å². The average molecular weight is 279 g/mol. The van der Waals surface area contributed by atoms with Crippen molar-refractivity contribution in [3.8, 4) is 5.75 Å². The van der Waals surface area contributed by atoms with Gasteiger partial charge in [0.05, 0.1) is 25.4 Å². The number of rotatable bonds is 4. The van der Waals surface area contributed by atoms with Crippen LogP contribution in [0.25, 0.3) is 0 Å². The zero-order valence-electron chi connectivity index (χ0n) is 11.6. The van der Waals surface area contributed by atoms with E-state index in [0.29, 0.717) is 23.7 Å². The Kier molecular flexibility index (Phi) is 4.81. The number of carbonyl (C=O) groups excluding carboxylic acids is 1. The minimum atomic E-state index is -0.230. The molecule has 6 heteroatoms. The van der Waals surface area contributed by atoms with Gasteiger partial charge in [0.2, 0.25) is 5.91 Å². The molecule has 0 radical (unpaired) electrons. The van der Waals surface area contributed by atoms with Gasteiger partial charge in [-0.25, -0.2) is 0 Å². The van der Waals surface area contributed by atoms with Crippen LogP contribution in [0, 0.1) is 0 Å². The summed E-state index contributed by atoms with van der Waals surface area (Å²) in [6.07, 6.45) is 1.21. The molecule has 0 aromatic heterocycles. The van der Waals surface area contributed by atoms with Crippen molar-refractivity contribution >= 4 is 17.3 Å². The first-order valence-corrected chi connectivity index (χ1v) is 6.72. The third-order valence-corrected chi connectivity index (χ3v) is 3.42. The van der Waals surface area contributed by atoms with Gasteiger partial charge >= 0.3 is 0 Å². The Labute approximate surface area is 118 Å². The second-order valence-corrected chi connectivity index (χ2v) is 5.02. The third-order valence-electron chi connectivity index (χ3n) is 3.42. The highest BCUT2D eigenvalue weighted by Gasteiger charge is 2.19. The Morgan fingerprint density at radius 3 is 2.85 bits per heavy atom. The molecule has 0 spiro atoms. The number of nitrogens with zero attached hydrogens (tertiary/aromatic N) is 1. The lowest BCUT2D eigenvalue weighted by Crippen LogP contribution is -2.40. The third kappa shape index (κ3) is 3.85. The Morgan fingerprint density at radius 1 is 1.50 bits per heavy atom. The van der Waals surface area contributed by atoms with Crippen LogP contribution < -0.4 is 15.8 Å². The van der Waals surface area contributed by atoms with E-state index >= 15 is 0 Å². The fourth-order valence-corrected chi connectivity index (χ4v) is 2.28. The minimum absolute atomic E-state index is 0.0931. The number of likely N-dealkylation sites (tertiary alicyclic amines) is 1. The Balaban J connectivity index is 1.91. The summed E-state index contributed by atoms with van der Waals surface area (Å²) in [5, 5.41) is 12.3. The van der Waals surface area contributed by atoms with E-state index in [1.54, 1.807) is 18.2 Å². The van der Waals surface area contributed by atoms with E-state index in [1.165, 1.54) is 7.11 Å². The number of nitrogens with one attached hydrogen (secondary N) is 1. The second-order valence-electron chi connectivity index (χ2n) is 5.02. The number of nitrogen functional groups attached to an aromatic ring is 1. The molecule has 0 aliphatic carbocycles. The maximum Gasteiger partial charge on any atom is 0.238 e. The number of ether oxygens (including phenoxy) is 1. The zero-order valence-corrected chi connectivity index (χ0v) is 11.6. The number of amides is 1. The van der Waals surface area contributed by atoms with Crippen LogP contribution in [-0.4, -0.2) is 48.8 Å². The number of anilines is 2. The van der Waals surface area contributed by atoms with Crippen LogP contribution >= 0.6 is 0 Å².